The van der Waals surface area contributed by atoms with E-state index in [1.165, 1.54) is 17.4 Å². The second-order valence-electron chi connectivity index (χ2n) is 4.62. The number of hydrogen-bond acceptors (Lipinski definition) is 4. The number of alkyl halides is 2. The average molecular weight is 312 g/mol. The van der Waals surface area contributed by atoms with Gasteiger partial charge in [-0.05, 0) is 32.0 Å². The van der Waals surface area contributed by atoms with Crippen molar-refractivity contribution in [1.82, 2.24) is 10.3 Å². The van der Waals surface area contributed by atoms with Gasteiger partial charge in [-0.3, -0.25) is 0 Å². The van der Waals surface area contributed by atoms with Crippen LogP contribution in [0.15, 0.2) is 30.5 Å². The van der Waals surface area contributed by atoms with Gasteiger partial charge in [0.1, 0.15) is 10.8 Å². The van der Waals surface area contributed by atoms with Crippen molar-refractivity contribution in [2.45, 2.75) is 32.9 Å². The molecule has 0 aliphatic heterocycles. The maximum atomic E-state index is 12.4. The minimum absolute atomic E-state index is 0.155. The Morgan fingerprint density at radius 3 is 2.81 bits per heavy atom. The van der Waals surface area contributed by atoms with Crippen LogP contribution in [0.5, 0.6) is 5.75 Å². The maximum absolute atomic E-state index is 12.4. The van der Waals surface area contributed by atoms with E-state index in [4.69, 9.17) is 0 Å². The smallest absolute Gasteiger partial charge is 0.387 e. The summed E-state index contributed by atoms with van der Waals surface area (Å²) in [6.07, 6.45) is 2.84. The highest BCUT2D eigenvalue weighted by Gasteiger charge is 2.15. The lowest BCUT2D eigenvalue weighted by atomic mass is 10.2. The van der Waals surface area contributed by atoms with Crippen molar-refractivity contribution in [2.24, 2.45) is 0 Å². The molecule has 0 saturated heterocycles. The number of thiazole rings is 1. The summed E-state index contributed by atoms with van der Waals surface area (Å²) in [6, 6.07) is 6.92. The van der Waals surface area contributed by atoms with Gasteiger partial charge in [0, 0.05) is 17.1 Å². The molecule has 0 bridgehead atoms. The molecule has 21 heavy (non-hydrogen) atoms. The molecule has 0 aliphatic rings. The summed E-state index contributed by atoms with van der Waals surface area (Å²) in [6.45, 7) is 2.26. The van der Waals surface area contributed by atoms with E-state index in [9.17, 15) is 8.78 Å². The quantitative estimate of drug-likeness (QED) is 0.819. The lowest BCUT2D eigenvalue weighted by molar-refractivity contribution is -0.0494. The summed E-state index contributed by atoms with van der Waals surface area (Å²) in [5.41, 5.74) is 0.594. The highest BCUT2D eigenvalue weighted by atomic mass is 32.1. The van der Waals surface area contributed by atoms with E-state index in [-0.39, 0.29) is 11.8 Å². The number of ether oxygens (including phenoxy) is 1. The Balaban J connectivity index is 2.21. The van der Waals surface area contributed by atoms with E-state index in [1.807, 2.05) is 0 Å². The van der Waals surface area contributed by atoms with Crippen LogP contribution in [0.25, 0.3) is 10.6 Å². The Bertz CT molecular complexity index is 574. The number of rotatable bonds is 7. The average Bonchev–Trinajstić information content (AvgIpc) is 2.94. The zero-order valence-corrected chi connectivity index (χ0v) is 12.8. The van der Waals surface area contributed by atoms with Crippen LogP contribution < -0.4 is 10.1 Å². The first-order valence-corrected chi connectivity index (χ1v) is 7.66. The first-order valence-electron chi connectivity index (χ1n) is 6.85. The number of aromatic nitrogens is 1. The fourth-order valence-corrected chi connectivity index (χ4v) is 2.89. The number of benzene rings is 1. The molecular weight excluding hydrogens is 294 g/mol. The summed E-state index contributed by atoms with van der Waals surface area (Å²) in [4.78, 5) is 5.41. The van der Waals surface area contributed by atoms with E-state index in [2.05, 4.69) is 28.9 Å². The molecule has 3 nitrogen and oxygen atoms in total. The highest BCUT2D eigenvalue weighted by molar-refractivity contribution is 7.15. The Morgan fingerprint density at radius 1 is 1.33 bits per heavy atom. The Hall–Kier alpha value is -1.53. The zero-order valence-electron chi connectivity index (χ0n) is 12.0. The van der Waals surface area contributed by atoms with E-state index in [0.717, 1.165) is 17.8 Å². The van der Waals surface area contributed by atoms with Gasteiger partial charge < -0.3 is 10.1 Å². The van der Waals surface area contributed by atoms with Crippen LogP contribution in [0.1, 0.15) is 31.2 Å². The van der Waals surface area contributed by atoms with Crippen molar-refractivity contribution >= 4 is 11.3 Å². The molecule has 6 heteroatoms. The molecule has 1 heterocycles. The SMILES string of the molecule is CCCNC(C)c1cnc(-c2ccccc2OC(F)F)s1. The van der Waals surface area contributed by atoms with E-state index >= 15 is 0 Å². The zero-order chi connectivity index (χ0) is 15.2. The van der Waals surface area contributed by atoms with Crippen molar-refractivity contribution < 1.29 is 13.5 Å². The molecule has 1 aromatic heterocycles. The van der Waals surface area contributed by atoms with Crippen LogP contribution in [0.4, 0.5) is 8.78 Å². The van der Waals surface area contributed by atoms with Crippen molar-refractivity contribution in [3.63, 3.8) is 0 Å². The molecule has 1 N–H and O–H groups in total. The number of halogens is 2. The predicted octanol–water partition coefficient (Wildman–Crippen LogP) is 4.47. The molecule has 0 radical (unpaired) electrons. The Morgan fingerprint density at radius 2 is 2.10 bits per heavy atom. The van der Waals surface area contributed by atoms with Crippen molar-refractivity contribution in [2.75, 3.05) is 6.54 Å². The standard InChI is InChI=1S/C15H18F2N2OS/c1-3-8-18-10(2)13-9-19-14(21-13)11-6-4-5-7-12(11)20-15(16)17/h4-7,9-10,15,18H,3,8H2,1-2H3. The number of para-hydroxylation sites is 1. The molecule has 114 valence electrons. The third kappa shape index (κ3) is 4.22. The lowest BCUT2D eigenvalue weighted by Gasteiger charge is -2.10. The monoisotopic (exact) mass is 312 g/mol. The van der Waals surface area contributed by atoms with Crippen molar-refractivity contribution in [3.05, 3.63) is 35.3 Å². The third-order valence-corrected chi connectivity index (χ3v) is 4.20. The maximum Gasteiger partial charge on any atom is 0.387 e. The van der Waals surface area contributed by atoms with Crippen LogP contribution in [0.3, 0.4) is 0 Å². The molecule has 2 aromatic rings. The van der Waals surface area contributed by atoms with Crippen LogP contribution >= 0.6 is 11.3 Å². The number of nitrogens with one attached hydrogen (secondary N) is 1. The minimum atomic E-state index is -2.84. The molecule has 0 saturated carbocycles. The second-order valence-corrected chi connectivity index (χ2v) is 5.68. The molecule has 1 atom stereocenters. The normalized spacial score (nSPS) is 12.6. The third-order valence-electron chi connectivity index (χ3n) is 2.98. The summed E-state index contributed by atoms with van der Waals surface area (Å²) >= 11 is 1.49. The van der Waals surface area contributed by atoms with Crippen molar-refractivity contribution in [3.8, 4) is 16.3 Å². The largest absolute Gasteiger partial charge is 0.434 e. The number of nitrogens with zero attached hydrogens (tertiary/aromatic N) is 1. The topological polar surface area (TPSA) is 34.2 Å². The first-order chi connectivity index (χ1) is 10.1. The summed E-state index contributed by atoms with van der Waals surface area (Å²) in [5, 5.41) is 4.07. The summed E-state index contributed by atoms with van der Waals surface area (Å²) in [7, 11) is 0. The van der Waals surface area contributed by atoms with Gasteiger partial charge in [0.2, 0.25) is 0 Å². The second kappa shape index (κ2) is 7.47. The van der Waals surface area contributed by atoms with Gasteiger partial charge in [-0.2, -0.15) is 8.78 Å². The van der Waals surface area contributed by atoms with Crippen LogP contribution in [0, 0.1) is 0 Å². The predicted molar refractivity (Wildman–Crippen MR) is 80.9 cm³/mol. The van der Waals surface area contributed by atoms with Gasteiger partial charge in [-0.25, -0.2) is 4.98 Å². The summed E-state index contributed by atoms with van der Waals surface area (Å²) in [5.74, 6) is 0.155. The van der Waals surface area contributed by atoms with Crippen LogP contribution in [-0.2, 0) is 0 Å². The van der Waals surface area contributed by atoms with Crippen molar-refractivity contribution in [1.29, 1.82) is 0 Å². The molecular formula is C15H18F2N2OS. The van der Waals surface area contributed by atoms with E-state index < -0.39 is 6.61 Å². The Kier molecular flexibility index (Phi) is 5.64. The van der Waals surface area contributed by atoms with Gasteiger partial charge in [0.05, 0.1) is 5.56 Å². The highest BCUT2D eigenvalue weighted by Crippen LogP contribution is 2.35. The number of hydrogen-bond donors (Lipinski definition) is 1. The van der Waals surface area contributed by atoms with Gasteiger partial charge in [-0.1, -0.05) is 19.1 Å². The fraction of sp³-hybridized carbons (Fsp3) is 0.400. The van der Waals surface area contributed by atoms with Crippen LogP contribution in [-0.4, -0.2) is 18.1 Å². The first kappa shape index (κ1) is 15.9. The molecule has 0 spiro atoms. The molecule has 0 amide bonds. The van der Waals surface area contributed by atoms with E-state index in [0.29, 0.717) is 10.6 Å². The molecule has 1 aromatic carbocycles. The molecule has 2 rings (SSSR count). The van der Waals surface area contributed by atoms with E-state index in [1.54, 1.807) is 24.4 Å². The summed E-state index contributed by atoms with van der Waals surface area (Å²) < 4.78 is 29.4. The molecule has 1 unspecified atom stereocenters. The van der Waals surface area contributed by atoms with Gasteiger partial charge >= 0.3 is 6.61 Å². The minimum Gasteiger partial charge on any atom is -0.434 e. The fourth-order valence-electron chi connectivity index (χ4n) is 1.91. The van der Waals surface area contributed by atoms with Gasteiger partial charge in [-0.15, -0.1) is 11.3 Å². The Labute approximate surface area is 127 Å². The van der Waals surface area contributed by atoms with Gasteiger partial charge in [0.15, 0.2) is 0 Å². The van der Waals surface area contributed by atoms with Gasteiger partial charge in [0.25, 0.3) is 0 Å². The molecule has 0 aliphatic carbocycles. The lowest BCUT2D eigenvalue weighted by Crippen LogP contribution is -2.18. The molecule has 0 fully saturated rings. The van der Waals surface area contributed by atoms with Crippen LogP contribution in [0.2, 0.25) is 0 Å².